The van der Waals surface area contributed by atoms with E-state index in [4.69, 9.17) is 11.6 Å². The maximum absolute atomic E-state index is 12.1. The van der Waals surface area contributed by atoms with Crippen LogP contribution >= 0.6 is 11.6 Å². The van der Waals surface area contributed by atoms with Crippen molar-refractivity contribution < 1.29 is 9.90 Å². The highest BCUT2D eigenvalue weighted by molar-refractivity contribution is 6.37. The first kappa shape index (κ1) is 16.4. The van der Waals surface area contributed by atoms with Gasteiger partial charge >= 0.3 is 5.97 Å². The van der Waals surface area contributed by atoms with Crippen molar-refractivity contribution in [1.29, 1.82) is 0 Å². The maximum Gasteiger partial charge on any atom is 0.355 e. The molecular formula is C19H19ClN2O2. The molecule has 3 aromatic rings. The van der Waals surface area contributed by atoms with Crippen LogP contribution in [0.4, 0.5) is 5.69 Å². The Morgan fingerprint density at radius 3 is 2.33 bits per heavy atom. The third-order valence-electron chi connectivity index (χ3n) is 4.21. The van der Waals surface area contributed by atoms with Crippen molar-refractivity contribution in [3.8, 4) is 5.69 Å². The fourth-order valence-electron chi connectivity index (χ4n) is 3.17. The van der Waals surface area contributed by atoms with Gasteiger partial charge in [0, 0.05) is 24.2 Å². The van der Waals surface area contributed by atoms with E-state index in [9.17, 15) is 9.90 Å². The Hall–Kier alpha value is -2.46. The summed E-state index contributed by atoms with van der Waals surface area (Å²) in [6.07, 6.45) is 0. The van der Waals surface area contributed by atoms with Crippen molar-refractivity contribution in [3.05, 3.63) is 59.2 Å². The van der Waals surface area contributed by atoms with Crippen LogP contribution in [0.25, 0.3) is 16.6 Å². The Bertz CT molecular complexity index is 883. The van der Waals surface area contributed by atoms with Crippen molar-refractivity contribution in [2.75, 3.05) is 18.0 Å². The number of carboxylic acid groups (broad SMARTS) is 1. The monoisotopic (exact) mass is 342 g/mol. The van der Waals surface area contributed by atoms with Crippen molar-refractivity contribution in [1.82, 2.24) is 4.57 Å². The minimum atomic E-state index is -0.965. The highest BCUT2D eigenvalue weighted by atomic mass is 35.5. The van der Waals surface area contributed by atoms with Gasteiger partial charge < -0.3 is 14.6 Å². The van der Waals surface area contributed by atoms with Crippen LogP contribution in [-0.4, -0.2) is 28.7 Å². The number of benzene rings is 2. The summed E-state index contributed by atoms with van der Waals surface area (Å²) >= 11 is 6.46. The number of para-hydroxylation sites is 1. The van der Waals surface area contributed by atoms with E-state index in [2.05, 4.69) is 0 Å². The lowest BCUT2D eigenvalue weighted by atomic mass is 10.2. The summed E-state index contributed by atoms with van der Waals surface area (Å²) < 4.78 is 1.78. The molecule has 0 aliphatic heterocycles. The largest absolute Gasteiger partial charge is 0.476 e. The van der Waals surface area contributed by atoms with Crippen molar-refractivity contribution in [2.24, 2.45) is 0 Å². The smallest absolute Gasteiger partial charge is 0.355 e. The number of hydrogen-bond donors (Lipinski definition) is 1. The molecule has 0 amide bonds. The highest BCUT2D eigenvalue weighted by Crippen LogP contribution is 2.40. The maximum atomic E-state index is 12.1. The SMILES string of the molecule is CCN(CC)c1c(C(=O)O)n(-c2ccccc2)c2cccc(Cl)c12. The molecule has 0 unspecified atom stereocenters. The van der Waals surface area contributed by atoms with Gasteiger partial charge in [-0.3, -0.25) is 0 Å². The van der Waals surface area contributed by atoms with Crippen LogP contribution in [0, 0.1) is 0 Å². The van der Waals surface area contributed by atoms with Gasteiger partial charge in [0.25, 0.3) is 0 Å². The number of hydrogen-bond acceptors (Lipinski definition) is 2. The van der Waals surface area contributed by atoms with E-state index < -0.39 is 5.97 Å². The molecule has 0 bridgehead atoms. The number of carbonyl (C=O) groups is 1. The van der Waals surface area contributed by atoms with Crippen LogP contribution in [0.1, 0.15) is 24.3 Å². The molecule has 4 nitrogen and oxygen atoms in total. The van der Waals surface area contributed by atoms with E-state index in [0.717, 1.165) is 16.6 Å². The number of rotatable bonds is 5. The van der Waals surface area contributed by atoms with E-state index in [1.165, 1.54) is 0 Å². The molecule has 0 saturated heterocycles. The Balaban J connectivity index is 2.50. The Kier molecular flexibility index (Phi) is 4.49. The number of carboxylic acids is 1. The topological polar surface area (TPSA) is 45.5 Å². The molecule has 1 N–H and O–H groups in total. The fourth-order valence-corrected chi connectivity index (χ4v) is 3.43. The van der Waals surface area contributed by atoms with Gasteiger partial charge in [-0.2, -0.15) is 0 Å². The number of aromatic nitrogens is 1. The number of fused-ring (bicyclic) bond motifs is 1. The molecule has 124 valence electrons. The van der Waals surface area contributed by atoms with E-state index in [1.807, 2.05) is 61.2 Å². The molecule has 0 fully saturated rings. The summed E-state index contributed by atoms with van der Waals surface area (Å²) in [5.74, 6) is -0.965. The summed E-state index contributed by atoms with van der Waals surface area (Å²) in [6, 6.07) is 15.1. The summed E-state index contributed by atoms with van der Waals surface area (Å²) in [4.78, 5) is 14.2. The second-order valence-electron chi connectivity index (χ2n) is 5.48. The van der Waals surface area contributed by atoms with Gasteiger partial charge in [0.1, 0.15) is 0 Å². The summed E-state index contributed by atoms with van der Waals surface area (Å²) in [5.41, 5.74) is 2.53. The lowest BCUT2D eigenvalue weighted by Gasteiger charge is -2.22. The predicted octanol–water partition coefficient (Wildman–Crippen LogP) is 4.83. The lowest BCUT2D eigenvalue weighted by molar-refractivity contribution is 0.0689. The second kappa shape index (κ2) is 6.57. The molecular weight excluding hydrogens is 324 g/mol. The van der Waals surface area contributed by atoms with Gasteiger partial charge in [0.05, 0.1) is 16.2 Å². The highest BCUT2D eigenvalue weighted by Gasteiger charge is 2.27. The summed E-state index contributed by atoms with van der Waals surface area (Å²) in [5, 5.41) is 11.3. The van der Waals surface area contributed by atoms with Crippen LogP contribution in [0.3, 0.4) is 0 Å². The van der Waals surface area contributed by atoms with Gasteiger partial charge in [0.15, 0.2) is 5.69 Å². The minimum absolute atomic E-state index is 0.244. The van der Waals surface area contributed by atoms with Gasteiger partial charge in [-0.05, 0) is 38.1 Å². The molecule has 0 spiro atoms. The average Bonchev–Trinajstić information content (AvgIpc) is 2.94. The Morgan fingerprint density at radius 2 is 1.75 bits per heavy atom. The summed E-state index contributed by atoms with van der Waals surface area (Å²) in [6.45, 7) is 5.43. The molecule has 1 aromatic heterocycles. The molecule has 0 radical (unpaired) electrons. The van der Waals surface area contributed by atoms with Gasteiger partial charge in [-0.25, -0.2) is 4.79 Å². The molecule has 2 aromatic carbocycles. The quantitative estimate of drug-likeness (QED) is 0.722. The number of halogens is 1. The Morgan fingerprint density at radius 1 is 1.08 bits per heavy atom. The van der Waals surface area contributed by atoms with Crippen molar-refractivity contribution in [2.45, 2.75) is 13.8 Å². The zero-order chi connectivity index (χ0) is 17.3. The zero-order valence-electron chi connectivity index (χ0n) is 13.7. The van der Waals surface area contributed by atoms with E-state index in [0.29, 0.717) is 23.8 Å². The number of anilines is 1. The third-order valence-corrected chi connectivity index (χ3v) is 4.53. The normalized spacial score (nSPS) is 11.0. The molecule has 0 saturated carbocycles. The molecule has 3 rings (SSSR count). The van der Waals surface area contributed by atoms with Crippen LogP contribution in [0.15, 0.2) is 48.5 Å². The molecule has 24 heavy (non-hydrogen) atoms. The first-order valence-electron chi connectivity index (χ1n) is 7.96. The van der Waals surface area contributed by atoms with E-state index >= 15 is 0 Å². The third kappa shape index (κ3) is 2.53. The van der Waals surface area contributed by atoms with Crippen LogP contribution in [0.2, 0.25) is 5.02 Å². The standard InChI is InChI=1S/C19H19ClN2O2/c1-3-21(4-2)17-16-14(20)11-8-12-15(16)22(18(17)19(23)24)13-9-6-5-7-10-13/h5-12H,3-4H2,1-2H3,(H,23,24). The van der Waals surface area contributed by atoms with E-state index in [-0.39, 0.29) is 5.69 Å². The predicted molar refractivity (Wildman–Crippen MR) is 98.8 cm³/mol. The van der Waals surface area contributed by atoms with Crippen LogP contribution in [-0.2, 0) is 0 Å². The zero-order valence-corrected chi connectivity index (χ0v) is 14.4. The molecule has 0 aliphatic rings. The van der Waals surface area contributed by atoms with Gasteiger partial charge in [0.2, 0.25) is 0 Å². The first-order valence-corrected chi connectivity index (χ1v) is 8.34. The molecule has 1 heterocycles. The van der Waals surface area contributed by atoms with Crippen LogP contribution in [0.5, 0.6) is 0 Å². The summed E-state index contributed by atoms with van der Waals surface area (Å²) in [7, 11) is 0. The van der Waals surface area contributed by atoms with Crippen molar-refractivity contribution >= 4 is 34.2 Å². The fraction of sp³-hybridized carbons (Fsp3) is 0.211. The number of nitrogens with zero attached hydrogens (tertiary/aromatic N) is 2. The van der Waals surface area contributed by atoms with E-state index in [1.54, 1.807) is 10.6 Å². The van der Waals surface area contributed by atoms with Gasteiger partial charge in [-0.1, -0.05) is 35.9 Å². The second-order valence-corrected chi connectivity index (χ2v) is 5.89. The van der Waals surface area contributed by atoms with Gasteiger partial charge in [-0.15, -0.1) is 0 Å². The molecule has 0 atom stereocenters. The van der Waals surface area contributed by atoms with Crippen molar-refractivity contribution in [3.63, 3.8) is 0 Å². The van der Waals surface area contributed by atoms with Crippen LogP contribution < -0.4 is 4.90 Å². The Labute approximate surface area is 145 Å². The minimum Gasteiger partial charge on any atom is -0.476 e. The first-order chi connectivity index (χ1) is 11.6. The lowest BCUT2D eigenvalue weighted by Crippen LogP contribution is -2.24. The number of aromatic carboxylic acids is 1. The molecule has 0 aliphatic carbocycles. The average molecular weight is 343 g/mol. The molecule has 5 heteroatoms.